The van der Waals surface area contributed by atoms with Crippen LogP contribution in [0.3, 0.4) is 0 Å². The van der Waals surface area contributed by atoms with Gasteiger partial charge in [0.2, 0.25) is 0 Å². The molecule has 0 bridgehead atoms. The predicted molar refractivity (Wildman–Crippen MR) is 133 cm³/mol. The molecule has 2 aromatic carbocycles. The third kappa shape index (κ3) is 7.23. The van der Waals surface area contributed by atoms with E-state index in [4.69, 9.17) is 49.4 Å². The van der Waals surface area contributed by atoms with Gasteiger partial charge in [-0.2, -0.15) is 11.8 Å². The van der Waals surface area contributed by atoms with Crippen molar-refractivity contribution in [3.63, 3.8) is 0 Å². The first-order valence-electron chi connectivity index (χ1n) is 10.4. The number of aliphatic hydroxyl groups is 2. The van der Waals surface area contributed by atoms with Crippen LogP contribution >= 0.6 is 46.6 Å². The van der Waals surface area contributed by atoms with Crippen molar-refractivity contribution in [1.82, 2.24) is 0 Å². The SMILES string of the molecule is CC1C(CSCCO)OC(c2cccc(NC(=O)C(Cl)(Cl)Cl)c2)OC1c1ccc(CO)cc1. The molecule has 6 nitrogen and oxygen atoms in total. The molecule has 4 atom stereocenters. The lowest BCUT2D eigenvalue weighted by molar-refractivity contribution is -0.268. The van der Waals surface area contributed by atoms with E-state index >= 15 is 0 Å². The van der Waals surface area contributed by atoms with E-state index in [1.165, 1.54) is 0 Å². The van der Waals surface area contributed by atoms with Crippen molar-refractivity contribution >= 4 is 58.2 Å². The number of thioether (sulfide) groups is 1. The largest absolute Gasteiger partial charge is 0.396 e. The van der Waals surface area contributed by atoms with Crippen molar-refractivity contribution in [1.29, 1.82) is 0 Å². The van der Waals surface area contributed by atoms with Gasteiger partial charge in [0.15, 0.2) is 6.29 Å². The Kier molecular flexibility index (Phi) is 9.73. The lowest BCUT2D eigenvalue weighted by Gasteiger charge is -2.41. The minimum absolute atomic E-state index is 0.0276. The van der Waals surface area contributed by atoms with Gasteiger partial charge < -0.3 is 25.0 Å². The maximum absolute atomic E-state index is 12.0. The van der Waals surface area contributed by atoms with Gasteiger partial charge in [0.1, 0.15) is 0 Å². The van der Waals surface area contributed by atoms with Crippen molar-refractivity contribution in [3.05, 3.63) is 65.2 Å². The van der Waals surface area contributed by atoms with Crippen LogP contribution in [0, 0.1) is 5.92 Å². The maximum Gasteiger partial charge on any atom is 0.276 e. The van der Waals surface area contributed by atoms with Gasteiger partial charge in [-0.1, -0.05) is 78.1 Å². The van der Waals surface area contributed by atoms with Crippen molar-refractivity contribution in [2.45, 2.75) is 35.8 Å². The minimum Gasteiger partial charge on any atom is -0.396 e. The van der Waals surface area contributed by atoms with Gasteiger partial charge in [-0.25, -0.2) is 0 Å². The van der Waals surface area contributed by atoms with Gasteiger partial charge in [0.25, 0.3) is 9.70 Å². The Morgan fingerprint density at radius 3 is 2.45 bits per heavy atom. The Bertz CT molecular complexity index is 925. The fraction of sp³-hybridized carbons (Fsp3) is 0.435. The van der Waals surface area contributed by atoms with E-state index in [9.17, 15) is 9.90 Å². The molecule has 4 unspecified atom stereocenters. The summed E-state index contributed by atoms with van der Waals surface area (Å²) in [6.45, 7) is 2.14. The standard InChI is InChI=1S/C23H26Cl3NO5S/c1-14-19(13-33-10-9-28)31-21(32-20(14)16-7-5-15(12-29)6-8-16)17-3-2-4-18(11-17)27-22(30)23(24,25)26/h2-8,11,14,19-21,28-29H,9-10,12-13H2,1H3,(H,27,30). The monoisotopic (exact) mass is 533 g/mol. The molecule has 0 aliphatic carbocycles. The number of rotatable bonds is 8. The molecule has 1 fully saturated rings. The molecule has 180 valence electrons. The van der Waals surface area contributed by atoms with Crippen LogP contribution in [0.1, 0.15) is 36.0 Å². The molecule has 10 heteroatoms. The highest BCUT2D eigenvalue weighted by molar-refractivity contribution is 7.99. The Morgan fingerprint density at radius 2 is 1.82 bits per heavy atom. The topological polar surface area (TPSA) is 88.0 Å². The fourth-order valence-electron chi connectivity index (χ4n) is 3.54. The summed E-state index contributed by atoms with van der Waals surface area (Å²) in [5.41, 5.74) is 2.95. The third-order valence-corrected chi connectivity index (χ3v) is 6.87. The van der Waals surface area contributed by atoms with Crippen LogP contribution in [0.5, 0.6) is 0 Å². The first-order valence-corrected chi connectivity index (χ1v) is 12.7. The molecule has 0 spiro atoms. The normalized spacial score (nSPS) is 23.3. The van der Waals surface area contributed by atoms with Crippen molar-refractivity contribution in [2.75, 3.05) is 23.4 Å². The summed E-state index contributed by atoms with van der Waals surface area (Å²) < 4.78 is 10.6. The van der Waals surface area contributed by atoms with Crippen LogP contribution in [0.4, 0.5) is 5.69 Å². The third-order valence-electron chi connectivity index (χ3n) is 5.32. The molecule has 3 N–H and O–H groups in total. The second-order valence-corrected chi connectivity index (χ2v) is 11.1. The van der Waals surface area contributed by atoms with Gasteiger partial charge in [-0.15, -0.1) is 0 Å². The molecule has 1 amide bonds. The molecule has 33 heavy (non-hydrogen) atoms. The Balaban J connectivity index is 1.85. The van der Waals surface area contributed by atoms with Crippen LogP contribution in [0.2, 0.25) is 0 Å². The molecule has 0 aromatic heterocycles. The summed E-state index contributed by atoms with van der Waals surface area (Å²) in [5, 5.41) is 21.1. The zero-order chi connectivity index (χ0) is 24.0. The van der Waals surface area contributed by atoms with E-state index < -0.39 is 16.0 Å². The van der Waals surface area contributed by atoms with E-state index in [1.807, 2.05) is 30.3 Å². The zero-order valence-corrected chi connectivity index (χ0v) is 21.0. The quantitative estimate of drug-likeness (QED) is 0.326. The molecule has 1 heterocycles. The number of benzene rings is 2. The minimum atomic E-state index is -2.08. The zero-order valence-electron chi connectivity index (χ0n) is 17.9. The Hall–Kier alpha value is -1.03. The lowest BCUT2D eigenvalue weighted by Crippen LogP contribution is -2.38. The highest BCUT2D eigenvalue weighted by atomic mass is 35.6. The number of amides is 1. The first kappa shape index (κ1) is 26.6. The first-order chi connectivity index (χ1) is 15.7. The van der Waals surface area contributed by atoms with E-state index in [0.29, 0.717) is 22.8 Å². The number of anilines is 1. The van der Waals surface area contributed by atoms with Gasteiger partial charge in [-0.05, 0) is 23.3 Å². The number of ether oxygens (including phenoxy) is 2. The van der Waals surface area contributed by atoms with E-state index in [1.54, 1.807) is 30.0 Å². The summed E-state index contributed by atoms with van der Waals surface area (Å²) in [7, 11) is 0. The second kappa shape index (κ2) is 12.1. The van der Waals surface area contributed by atoms with Crippen LogP contribution in [0.25, 0.3) is 0 Å². The summed E-state index contributed by atoms with van der Waals surface area (Å²) >= 11 is 18.6. The van der Waals surface area contributed by atoms with Gasteiger partial charge >= 0.3 is 0 Å². The molecule has 1 saturated heterocycles. The molecular weight excluding hydrogens is 509 g/mol. The van der Waals surface area contributed by atoms with Gasteiger partial charge in [-0.3, -0.25) is 4.79 Å². The maximum atomic E-state index is 12.0. The van der Waals surface area contributed by atoms with Crippen LogP contribution in [0.15, 0.2) is 48.5 Å². The summed E-state index contributed by atoms with van der Waals surface area (Å²) in [5.74, 6) is 0.590. The van der Waals surface area contributed by atoms with E-state index in [2.05, 4.69) is 12.2 Å². The number of nitrogens with one attached hydrogen (secondary N) is 1. The molecule has 0 saturated carbocycles. The molecule has 3 rings (SSSR count). The lowest BCUT2D eigenvalue weighted by atomic mass is 9.91. The fourth-order valence-corrected chi connectivity index (χ4v) is 4.59. The van der Waals surface area contributed by atoms with Crippen LogP contribution in [-0.2, 0) is 20.9 Å². The number of carbonyl (C=O) groups excluding carboxylic acids is 1. The predicted octanol–water partition coefficient (Wildman–Crippen LogP) is 5.00. The van der Waals surface area contributed by atoms with E-state index in [0.717, 1.165) is 11.1 Å². The molecule has 2 aromatic rings. The summed E-state index contributed by atoms with van der Waals surface area (Å²) in [6.07, 6.45) is -1.08. The van der Waals surface area contributed by atoms with Crippen molar-refractivity contribution in [3.8, 4) is 0 Å². The van der Waals surface area contributed by atoms with Gasteiger partial charge in [0.05, 0.1) is 25.4 Å². The number of aliphatic hydroxyl groups excluding tert-OH is 2. The van der Waals surface area contributed by atoms with E-state index in [-0.39, 0.29) is 31.3 Å². The second-order valence-electron chi connectivity index (χ2n) is 7.70. The Morgan fingerprint density at radius 1 is 1.09 bits per heavy atom. The number of hydrogen-bond acceptors (Lipinski definition) is 6. The molecular formula is C23H26Cl3NO5S. The average Bonchev–Trinajstić information content (AvgIpc) is 2.80. The van der Waals surface area contributed by atoms with Gasteiger partial charge in [0, 0.05) is 28.7 Å². The molecule has 1 aliphatic rings. The van der Waals surface area contributed by atoms with Crippen LogP contribution in [-0.4, -0.2) is 44.1 Å². The highest BCUT2D eigenvalue weighted by Crippen LogP contribution is 2.42. The number of carbonyl (C=O) groups is 1. The number of hydrogen-bond donors (Lipinski definition) is 3. The summed E-state index contributed by atoms with van der Waals surface area (Å²) in [6, 6.07) is 14.7. The van der Waals surface area contributed by atoms with Crippen molar-refractivity contribution in [2.24, 2.45) is 5.92 Å². The Labute approximate surface area is 212 Å². The molecule has 0 radical (unpaired) electrons. The smallest absolute Gasteiger partial charge is 0.276 e. The molecule has 1 aliphatic heterocycles. The van der Waals surface area contributed by atoms with Crippen LogP contribution < -0.4 is 5.32 Å². The summed E-state index contributed by atoms with van der Waals surface area (Å²) in [4.78, 5) is 12.0. The number of halogens is 3. The average molecular weight is 535 g/mol. The van der Waals surface area contributed by atoms with Crippen molar-refractivity contribution < 1.29 is 24.5 Å². The number of alkyl halides is 3. The highest BCUT2D eigenvalue weighted by Gasteiger charge is 2.38.